The van der Waals surface area contributed by atoms with Gasteiger partial charge in [-0.3, -0.25) is 4.79 Å². The van der Waals surface area contributed by atoms with Crippen molar-refractivity contribution in [1.29, 1.82) is 0 Å². The van der Waals surface area contributed by atoms with Gasteiger partial charge in [-0.2, -0.15) is 0 Å². The fourth-order valence-corrected chi connectivity index (χ4v) is 2.93. The summed E-state index contributed by atoms with van der Waals surface area (Å²) in [6.07, 6.45) is 1.92. The minimum Gasteiger partial charge on any atom is -0.377 e. The minimum atomic E-state index is -0.0533. The molecule has 0 bridgehead atoms. The Balaban J connectivity index is 2.25. The molecule has 1 amide bonds. The Bertz CT molecular complexity index is 735. The van der Waals surface area contributed by atoms with E-state index in [0.717, 1.165) is 24.3 Å². The summed E-state index contributed by atoms with van der Waals surface area (Å²) < 4.78 is 5.55. The predicted molar refractivity (Wildman–Crippen MR) is 114 cm³/mol. The van der Waals surface area contributed by atoms with Crippen LogP contribution in [0.15, 0.2) is 60.2 Å². The van der Waals surface area contributed by atoms with Gasteiger partial charge in [-0.15, -0.1) is 0 Å². The number of para-hydroxylation sites is 1. The van der Waals surface area contributed by atoms with E-state index < -0.39 is 0 Å². The largest absolute Gasteiger partial charge is 0.377 e. The number of amides is 1. The van der Waals surface area contributed by atoms with Gasteiger partial charge < -0.3 is 14.5 Å². The maximum absolute atomic E-state index is 13.0. The van der Waals surface area contributed by atoms with E-state index in [-0.39, 0.29) is 5.91 Å². The summed E-state index contributed by atoms with van der Waals surface area (Å²) in [6.45, 7) is 9.04. The summed E-state index contributed by atoms with van der Waals surface area (Å²) in [5.41, 5.74) is 3.69. The van der Waals surface area contributed by atoms with Gasteiger partial charge in [0.15, 0.2) is 0 Å². The van der Waals surface area contributed by atoms with Crippen LogP contribution in [0.4, 0.5) is 11.4 Å². The molecule has 4 nitrogen and oxygen atoms in total. The van der Waals surface area contributed by atoms with Crippen molar-refractivity contribution in [3.63, 3.8) is 0 Å². The van der Waals surface area contributed by atoms with Crippen molar-refractivity contribution in [2.75, 3.05) is 43.2 Å². The average molecular weight is 367 g/mol. The first-order valence-corrected chi connectivity index (χ1v) is 9.57. The maximum atomic E-state index is 13.0. The van der Waals surface area contributed by atoms with Crippen LogP contribution in [0.3, 0.4) is 0 Å². The molecule has 0 fully saturated rings. The van der Waals surface area contributed by atoms with Crippen LogP contribution in [0.5, 0.6) is 0 Å². The number of carbonyl (C=O) groups excluding carboxylic acids is 1. The van der Waals surface area contributed by atoms with Crippen LogP contribution in [0.2, 0.25) is 0 Å². The third-order valence-electron chi connectivity index (χ3n) is 4.55. The van der Waals surface area contributed by atoms with Crippen molar-refractivity contribution in [3.05, 3.63) is 65.7 Å². The van der Waals surface area contributed by atoms with E-state index in [1.54, 1.807) is 11.9 Å². The molecule has 0 aliphatic rings. The average Bonchev–Trinajstić information content (AvgIpc) is 2.72. The SMILES string of the molecule is CCOC/C(=C/c1ccc(N(CC)CC)cc1)C(=O)N(C)c1ccccc1. The third-order valence-corrected chi connectivity index (χ3v) is 4.55. The molecule has 0 atom stereocenters. The van der Waals surface area contributed by atoms with Crippen LogP contribution >= 0.6 is 0 Å². The molecule has 0 aromatic heterocycles. The van der Waals surface area contributed by atoms with E-state index in [9.17, 15) is 4.79 Å². The highest BCUT2D eigenvalue weighted by atomic mass is 16.5. The van der Waals surface area contributed by atoms with Crippen LogP contribution < -0.4 is 9.80 Å². The number of likely N-dealkylation sites (N-methyl/N-ethyl adjacent to an activating group) is 1. The number of hydrogen-bond acceptors (Lipinski definition) is 3. The van der Waals surface area contributed by atoms with Crippen LogP contribution in [-0.2, 0) is 9.53 Å². The van der Waals surface area contributed by atoms with Crippen molar-refractivity contribution in [3.8, 4) is 0 Å². The van der Waals surface area contributed by atoms with Gasteiger partial charge in [0, 0.05) is 43.7 Å². The Kier molecular flexibility index (Phi) is 8.08. The van der Waals surface area contributed by atoms with Crippen LogP contribution in [0, 0.1) is 0 Å². The van der Waals surface area contributed by atoms with Gasteiger partial charge in [-0.05, 0) is 56.7 Å². The normalized spacial score (nSPS) is 11.3. The standard InChI is InChI=1S/C23H30N2O2/c1-5-25(6-2)22-15-13-19(14-16-22)17-20(18-27-7-3)23(26)24(4)21-11-9-8-10-12-21/h8-17H,5-7,18H2,1-4H3/b20-17-. The predicted octanol–water partition coefficient (Wildman–Crippen LogP) is 4.62. The van der Waals surface area contributed by atoms with Crippen LogP contribution in [0.25, 0.3) is 6.08 Å². The van der Waals surface area contributed by atoms with Crippen molar-refractivity contribution in [2.24, 2.45) is 0 Å². The number of benzene rings is 2. The second kappa shape index (κ2) is 10.5. The zero-order valence-corrected chi connectivity index (χ0v) is 16.8. The molecule has 0 aliphatic heterocycles. The lowest BCUT2D eigenvalue weighted by Gasteiger charge is -2.21. The highest BCUT2D eigenvalue weighted by Crippen LogP contribution is 2.19. The van der Waals surface area contributed by atoms with Crippen molar-refractivity contribution < 1.29 is 9.53 Å². The van der Waals surface area contributed by atoms with Crippen molar-refractivity contribution in [1.82, 2.24) is 0 Å². The smallest absolute Gasteiger partial charge is 0.256 e. The molecule has 4 heteroatoms. The molecule has 0 spiro atoms. The number of hydrogen-bond donors (Lipinski definition) is 0. The Morgan fingerprint density at radius 1 is 0.926 bits per heavy atom. The second-order valence-corrected chi connectivity index (χ2v) is 6.27. The lowest BCUT2D eigenvalue weighted by Crippen LogP contribution is -2.29. The summed E-state index contributed by atoms with van der Waals surface area (Å²) >= 11 is 0. The van der Waals surface area contributed by atoms with E-state index in [0.29, 0.717) is 18.8 Å². The van der Waals surface area contributed by atoms with Crippen molar-refractivity contribution in [2.45, 2.75) is 20.8 Å². The number of rotatable bonds is 9. The zero-order chi connectivity index (χ0) is 19.6. The van der Waals surface area contributed by atoms with Gasteiger partial charge in [0.1, 0.15) is 0 Å². The Hall–Kier alpha value is -2.59. The van der Waals surface area contributed by atoms with E-state index in [2.05, 4.69) is 43.0 Å². The monoisotopic (exact) mass is 366 g/mol. The summed E-state index contributed by atoms with van der Waals surface area (Å²) in [7, 11) is 1.79. The number of nitrogens with zero attached hydrogens (tertiary/aromatic N) is 2. The van der Waals surface area contributed by atoms with E-state index in [1.165, 1.54) is 5.69 Å². The summed E-state index contributed by atoms with van der Waals surface area (Å²) in [4.78, 5) is 16.9. The quantitative estimate of drug-likeness (QED) is 0.607. The topological polar surface area (TPSA) is 32.8 Å². The van der Waals surface area contributed by atoms with E-state index >= 15 is 0 Å². The molecule has 0 aliphatic carbocycles. The number of carbonyl (C=O) groups is 1. The fourth-order valence-electron chi connectivity index (χ4n) is 2.93. The number of anilines is 2. The zero-order valence-electron chi connectivity index (χ0n) is 16.8. The molecular formula is C23H30N2O2. The molecule has 144 valence electrons. The molecular weight excluding hydrogens is 336 g/mol. The third kappa shape index (κ3) is 5.69. The van der Waals surface area contributed by atoms with Gasteiger partial charge in [0.25, 0.3) is 5.91 Å². The number of ether oxygens (including phenoxy) is 1. The van der Waals surface area contributed by atoms with Gasteiger partial charge in [-0.25, -0.2) is 0 Å². The van der Waals surface area contributed by atoms with Gasteiger partial charge >= 0.3 is 0 Å². The molecule has 2 aromatic rings. The minimum absolute atomic E-state index is 0.0533. The molecule has 0 heterocycles. The molecule has 0 saturated carbocycles. The first-order chi connectivity index (χ1) is 13.1. The molecule has 0 unspecified atom stereocenters. The fraction of sp³-hybridized carbons (Fsp3) is 0.348. The Morgan fingerprint density at radius 3 is 2.11 bits per heavy atom. The molecule has 27 heavy (non-hydrogen) atoms. The van der Waals surface area contributed by atoms with Crippen molar-refractivity contribution >= 4 is 23.4 Å². The van der Waals surface area contributed by atoms with Gasteiger partial charge in [0.05, 0.1) is 6.61 Å². The summed E-state index contributed by atoms with van der Waals surface area (Å²) in [5, 5.41) is 0. The Morgan fingerprint density at radius 2 is 1.56 bits per heavy atom. The highest BCUT2D eigenvalue weighted by Gasteiger charge is 2.16. The van der Waals surface area contributed by atoms with Crippen LogP contribution in [-0.4, -0.2) is 39.3 Å². The molecule has 0 saturated heterocycles. The summed E-state index contributed by atoms with van der Waals surface area (Å²) in [6, 6.07) is 17.9. The first-order valence-electron chi connectivity index (χ1n) is 9.57. The van der Waals surface area contributed by atoms with E-state index in [4.69, 9.17) is 4.74 Å². The molecule has 0 N–H and O–H groups in total. The van der Waals surface area contributed by atoms with Gasteiger partial charge in [0.2, 0.25) is 0 Å². The second-order valence-electron chi connectivity index (χ2n) is 6.27. The molecule has 0 radical (unpaired) electrons. The lowest BCUT2D eigenvalue weighted by molar-refractivity contribution is -0.115. The Labute approximate surface area is 163 Å². The summed E-state index contributed by atoms with van der Waals surface area (Å²) in [5.74, 6) is -0.0533. The van der Waals surface area contributed by atoms with E-state index in [1.807, 2.05) is 43.3 Å². The van der Waals surface area contributed by atoms with Gasteiger partial charge in [-0.1, -0.05) is 30.3 Å². The maximum Gasteiger partial charge on any atom is 0.256 e. The molecule has 2 rings (SSSR count). The first kappa shape index (κ1) is 20.7. The molecule has 2 aromatic carbocycles. The lowest BCUT2D eigenvalue weighted by atomic mass is 10.1. The van der Waals surface area contributed by atoms with Crippen LogP contribution in [0.1, 0.15) is 26.3 Å². The highest BCUT2D eigenvalue weighted by molar-refractivity contribution is 6.08.